The van der Waals surface area contributed by atoms with Crippen molar-refractivity contribution in [3.63, 3.8) is 0 Å². The molecule has 1 aliphatic heterocycles. The highest BCUT2D eigenvalue weighted by atomic mass is 32.2. The number of hydrogen-bond acceptors (Lipinski definition) is 4. The zero-order chi connectivity index (χ0) is 18.1. The quantitative estimate of drug-likeness (QED) is 0.673. The largest absolute Gasteiger partial charge is 0.360 e. The van der Waals surface area contributed by atoms with Crippen LogP contribution in [-0.4, -0.2) is 17.1 Å². The monoisotopic (exact) mass is 361 g/mol. The van der Waals surface area contributed by atoms with Gasteiger partial charge >= 0.3 is 0 Å². The molecule has 0 saturated heterocycles. The minimum Gasteiger partial charge on any atom is -0.360 e. The number of nitrogens with one attached hydrogen (secondary N) is 1. The molecule has 0 bridgehead atoms. The van der Waals surface area contributed by atoms with Crippen LogP contribution in [0.3, 0.4) is 0 Å². The van der Waals surface area contributed by atoms with E-state index >= 15 is 0 Å². The minimum absolute atomic E-state index is 0.0320. The molecule has 1 aliphatic rings. The van der Waals surface area contributed by atoms with Crippen LogP contribution in [0, 0.1) is 6.92 Å². The molecule has 5 heteroatoms. The summed E-state index contributed by atoms with van der Waals surface area (Å²) in [6, 6.07) is 19.8. The Morgan fingerprint density at radius 1 is 1.08 bits per heavy atom. The highest BCUT2D eigenvalue weighted by Gasteiger charge is 2.38. The van der Waals surface area contributed by atoms with Crippen LogP contribution in [-0.2, 0) is 0 Å². The minimum atomic E-state index is -0.335. The van der Waals surface area contributed by atoms with E-state index in [1.165, 1.54) is 4.90 Å². The van der Waals surface area contributed by atoms with E-state index in [9.17, 15) is 4.79 Å². The number of benzene rings is 2. The third kappa shape index (κ3) is 2.95. The molecule has 130 valence electrons. The molecule has 1 unspecified atom stereocenters. The molecule has 0 fully saturated rings. The lowest BCUT2D eigenvalue weighted by Crippen LogP contribution is -2.32. The zero-order valence-electron chi connectivity index (χ0n) is 14.6. The summed E-state index contributed by atoms with van der Waals surface area (Å²) < 4.78 is 0. The highest BCUT2D eigenvalue weighted by molar-refractivity contribution is 7.98. The maximum Gasteiger partial charge on any atom is 0.262 e. The fourth-order valence-electron chi connectivity index (χ4n) is 3.16. The molecule has 4 nitrogen and oxygen atoms in total. The van der Waals surface area contributed by atoms with Crippen LogP contribution in [0.2, 0.25) is 0 Å². The fraction of sp³-hybridized carbons (Fsp3) is 0.143. The number of amides is 1. The van der Waals surface area contributed by atoms with Gasteiger partial charge in [-0.1, -0.05) is 23.8 Å². The topological polar surface area (TPSA) is 45.2 Å². The molecule has 2 heterocycles. The predicted molar refractivity (Wildman–Crippen MR) is 107 cm³/mol. The van der Waals surface area contributed by atoms with E-state index in [2.05, 4.69) is 22.4 Å². The Kier molecular flexibility index (Phi) is 4.39. The number of nitrogens with zero attached hydrogens (tertiary/aromatic N) is 2. The lowest BCUT2D eigenvalue weighted by Gasteiger charge is -2.26. The molecule has 1 aromatic heterocycles. The first kappa shape index (κ1) is 16.7. The van der Waals surface area contributed by atoms with Crippen molar-refractivity contribution >= 4 is 29.0 Å². The average molecular weight is 361 g/mol. The van der Waals surface area contributed by atoms with E-state index in [1.54, 1.807) is 28.9 Å². The van der Waals surface area contributed by atoms with Gasteiger partial charge in [0.1, 0.15) is 0 Å². The molecule has 3 aromatic rings. The first-order chi connectivity index (χ1) is 12.7. The second-order valence-corrected chi connectivity index (χ2v) is 7.11. The number of carbonyl (C=O) groups excluding carboxylic acids is 1. The SMILES string of the molecule is CSc1cccc(NC2c3ncccc3C(=O)N2c2ccc(C)cc2)c1. The van der Waals surface area contributed by atoms with E-state index in [4.69, 9.17) is 0 Å². The Morgan fingerprint density at radius 3 is 2.65 bits per heavy atom. The van der Waals surface area contributed by atoms with Crippen LogP contribution in [0.15, 0.2) is 71.8 Å². The van der Waals surface area contributed by atoms with E-state index in [0.29, 0.717) is 5.56 Å². The number of pyridine rings is 1. The van der Waals surface area contributed by atoms with Crippen LogP contribution in [0.4, 0.5) is 11.4 Å². The number of hydrogen-bond donors (Lipinski definition) is 1. The van der Waals surface area contributed by atoms with E-state index in [1.807, 2.05) is 55.6 Å². The summed E-state index contributed by atoms with van der Waals surface area (Å²) in [7, 11) is 0. The Bertz CT molecular complexity index is 955. The average Bonchev–Trinajstić information content (AvgIpc) is 2.95. The number of anilines is 2. The second kappa shape index (κ2) is 6.84. The normalized spacial score (nSPS) is 15.8. The third-order valence-electron chi connectivity index (χ3n) is 4.49. The number of carbonyl (C=O) groups is 1. The maximum absolute atomic E-state index is 13.0. The van der Waals surface area contributed by atoms with Crippen molar-refractivity contribution in [1.82, 2.24) is 4.98 Å². The van der Waals surface area contributed by atoms with Crippen molar-refractivity contribution in [3.8, 4) is 0 Å². The molecule has 2 aromatic carbocycles. The Hall–Kier alpha value is -2.79. The van der Waals surface area contributed by atoms with Gasteiger partial charge in [0.15, 0.2) is 6.17 Å². The number of rotatable bonds is 4. The smallest absolute Gasteiger partial charge is 0.262 e. The molecule has 0 aliphatic carbocycles. The van der Waals surface area contributed by atoms with Crippen LogP contribution in [0.1, 0.15) is 27.8 Å². The van der Waals surface area contributed by atoms with Gasteiger partial charge in [-0.3, -0.25) is 14.7 Å². The van der Waals surface area contributed by atoms with Crippen LogP contribution >= 0.6 is 11.8 Å². The lowest BCUT2D eigenvalue weighted by atomic mass is 10.2. The van der Waals surface area contributed by atoms with Gasteiger partial charge in [0.2, 0.25) is 0 Å². The zero-order valence-corrected chi connectivity index (χ0v) is 15.5. The second-order valence-electron chi connectivity index (χ2n) is 6.23. The van der Waals surface area contributed by atoms with Gasteiger partial charge in [-0.15, -0.1) is 11.8 Å². The van der Waals surface area contributed by atoms with Crippen molar-refractivity contribution < 1.29 is 4.79 Å². The summed E-state index contributed by atoms with van der Waals surface area (Å²) >= 11 is 1.69. The Balaban J connectivity index is 1.76. The number of aryl methyl sites for hydroxylation is 1. The maximum atomic E-state index is 13.0. The molecular weight excluding hydrogens is 342 g/mol. The van der Waals surface area contributed by atoms with Crippen molar-refractivity contribution in [2.75, 3.05) is 16.5 Å². The molecule has 1 N–H and O–H groups in total. The lowest BCUT2D eigenvalue weighted by molar-refractivity contribution is 0.0993. The molecule has 1 atom stereocenters. The molecule has 4 rings (SSSR count). The van der Waals surface area contributed by atoms with Crippen LogP contribution < -0.4 is 10.2 Å². The van der Waals surface area contributed by atoms with Gasteiger partial charge in [0.25, 0.3) is 5.91 Å². The van der Waals surface area contributed by atoms with Gasteiger partial charge in [-0.25, -0.2) is 0 Å². The highest BCUT2D eigenvalue weighted by Crippen LogP contribution is 2.37. The van der Waals surface area contributed by atoms with E-state index in [-0.39, 0.29) is 12.1 Å². The standard InChI is InChI=1S/C21H19N3OS/c1-14-8-10-16(11-9-14)24-20(19-18(21(24)25)7-4-12-22-19)23-15-5-3-6-17(13-15)26-2/h3-13,20,23H,1-2H3. The first-order valence-corrected chi connectivity index (χ1v) is 9.65. The number of aromatic nitrogens is 1. The summed E-state index contributed by atoms with van der Waals surface area (Å²) in [6.45, 7) is 2.04. The van der Waals surface area contributed by atoms with Crippen molar-refractivity contribution in [2.24, 2.45) is 0 Å². The Labute approximate surface area is 157 Å². The molecule has 26 heavy (non-hydrogen) atoms. The molecular formula is C21H19N3OS. The first-order valence-electron chi connectivity index (χ1n) is 8.43. The van der Waals surface area contributed by atoms with Gasteiger partial charge < -0.3 is 5.32 Å². The molecule has 0 radical (unpaired) electrons. The van der Waals surface area contributed by atoms with Gasteiger partial charge in [-0.2, -0.15) is 0 Å². The van der Waals surface area contributed by atoms with Gasteiger partial charge in [0.05, 0.1) is 11.3 Å². The van der Waals surface area contributed by atoms with Gasteiger partial charge in [0, 0.05) is 22.5 Å². The fourth-order valence-corrected chi connectivity index (χ4v) is 3.62. The molecule has 0 spiro atoms. The van der Waals surface area contributed by atoms with Crippen molar-refractivity contribution in [2.45, 2.75) is 18.0 Å². The number of thioether (sulfide) groups is 1. The van der Waals surface area contributed by atoms with Crippen LogP contribution in [0.25, 0.3) is 0 Å². The summed E-state index contributed by atoms with van der Waals surface area (Å²) in [6.07, 6.45) is 3.45. The summed E-state index contributed by atoms with van der Waals surface area (Å²) in [5.41, 5.74) is 4.38. The van der Waals surface area contributed by atoms with Crippen molar-refractivity contribution in [1.29, 1.82) is 0 Å². The van der Waals surface area contributed by atoms with E-state index in [0.717, 1.165) is 22.6 Å². The third-order valence-corrected chi connectivity index (χ3v) is 5.22. The van der Waals surface area contributed by atoms with Crippen LogP contribution in [0.5, 0.6) is 0 Å². The van der Waals surface area contributed by atoms with E-state index < -0.39 is 0 Å². The summed E-state index contributed by atoms with van der Waals surface area (Å²) in [5, 5.41) is 3.49. The molecule has 0 saturated carbocycles. The molecule has 1 amide bonds. The predicted octanol–water partition coefficient (Wildman–Crippen LogP) is 4.88. The Morgan fingerprint density at radius 2 is 1.88 bits per heavy atom. The number of fused-ring (bicyclic) bond motifs is 1. The van der Waals surface area contributed by atoms with Gasteiger partial charge in [-0.05, 0) is 55.6 Å². The summed E-state index contributed by atoms with van der Waals surface area (Å²) in [5.74, 6) is -0.0320. The summed E-state index contributed by atoms with van der Waals surface area (Å²) in [4.78, 5) is 20.5. The van der Waals surface area contributed by atoms with Crippen molar-refractivity contribution in [3.05, 3.63) is 83.7 Å².